The van der Waals surface area contributed by atoms with Crippen molar-refractivity contribution in [2.24, 2.45) is 0 Å². The molecule has 2 nitrogen and oxygen atoms in total. The van der Waals surface area contributed by atoms with Gasteiger partial charge in [0.2, 0.25) is 0 Å². The molecule has 0 aliphatic heterocycles. The summed E-state index contributed by atoms with van der Waals surface area (Å²) in [6, 6.07) is 8.40. The lowest BCUT2D eigenvalue weighted by Crippen LogP contribution is -2.03. The van der Waals surface area contributed by atoms with Crippen molar-refractivity contribution in [3.8, 4) is 0 Å². The maximum absolute atomic E-state index is 10.6. The molecule has 0 aromatic heterocycles. The van der Waals surface area contributed by atoms with E-state index in [0.29, 0.717) is 19.6 Å². The first-order valence-electron chi connectivity index (χ1n) is 5.31. The highest BCUT2D eigenvalue weighted by Crippen LogP contribution is 2.04. The lowest BCUT2D eigenvalue weighted by molar-refractivity contribution is -0.118. The van der Waals surface area contributed by atoms with Gasteiger partial charge in [-0.3, -0.25) is 4.79 Å². The molecule has 1 rings (SSSR count). The maximum atomic E-state index is 10.6. The van der Waals surface area contributed by atoms with E-state index in [1.54, 1.807) is 6.92 Å². The van der Waals surface area contributed by atoms with Crippen LogP contribution in [0.5, 0.6) is 0 Å². The molecule has 2 heteroatoms. The fraction of sp³-hybridized carbons (Fsp3) is 0.462. The fourth-order valence-corrected chi connectivity index (χ4v) is 1.38. The average Bonchev–Trinajstić information content (AvgIpc) is 2.17. The molecule has 0 atom stereocenters. The van der Waals surface area contributed by atoms with Crippen LogP contribution >= 0.6 is 0 Å². The smallest absolute Gasteiger partial charge is 0.132 e. The number of ether oxygens (including phenoxy) is 1. The van der Waals surface area contributed by atoms with Crippen LogP contribution < -0.4 is 0 Å². The molecule has 0 unspecified atom stereocenters. The second kappa shape index (κ2) is 6.36. The second-order valence-corrected chi connectivity index (χ2v) is 3.80. The molecule has 0 saturated heterocycles. The largest absolute Gasteiger partial charge is 0.381 e. The van der Waals surface area contributed by atoms with Crippen molar-refractivity contribution in [3.63, 3.8) is 0 Å². The molecule has 0 aliphatic rings. The molecule has 82 valence electrons. The third-order valence-electron chi connectivity index (χ3n) is 2.22. The van der Waals surface area contributed by atoms with Crippen LogP contribution in [0.15, 0.2) is 24.3 Å². The van der Waals surface area contributed by atoms with Crippen molar-refractivity contribution in [1.82, 2.24) is 0 Å². The van der Waals surface area contributed by atoms with Gasteiger partial charge in [0.25, 0.3) is 0 Å². The summed E-state index contributed by atoms with van der Waals surface area (Å²) in [5.74, 6) is 0.186. The Balaban J connectivity index is 2.17. The van der Waals surface area contributed by atoms with Gasteiger partial charge in [0, 0.05) is 6.42 Å². The molecule has 0 saturated carbocycles. The Labute approximate surface area is 91.3 Å². The maximum Gasteiger partial charge on any atom is 0.132 e. The van der Waals surface area contributed by atoms with Crippen LogP contribution in [0.1, 0.15) is 24.5 Å². The lowest BCUT2D eigenvalue weighted by atomic mass is 10.1. The molecule has 1 aromatic rings. The zero-order valence-corrected chi connectivity index (χ0v) is 9.45. The molecule has 15 heavy (non-hydrogen) atoms. The van der Waals surface area contributed by atoms with E-state index in [4.69, 9.17) is 4.74 Å². The summed E-state index contributed by atoms with van der Waals surface area (Å²) in [6.07, 6.45) is 1.44. The van der Waals surface area contributed by atoms with Gasteiger partial charge in [0.15, 0.2) is 0 Å². The molecular formula is C13H18O2. The fourth-order valence-electron chi connectivity index (χ4n) is 1.38. The minimum absolute atomic E-state index is 0.186. The van der Waals surface area contributed by atoms with E-state index in [1.165, 1.54) is 11.1 Å². The molecule has 0 radical (unpaired) electrons. The highest BCUT2D eigenvalue weighted by atomic mass is 16.5. The molecule has 0 amide bonds. The number of aryl methyl sites for hydroxylation is 1. The van der Waals surface area contributed by atoms with Gasteiger partial charge in [-0.1, -0.05) is 29.8 Å². The third kappa shape index (κ3) is 5.33. The molecule has 0 bridgehead atoms. The number of carbonyl (C=O) groups is 1. The van der Waals surface area contributed by atoms with Crippen LogP contribution in [0, 0.1) is 6.92 Å². The highest BCUT2D eigenvalue weighted by Gasteiger charge is 1.95. The number of carbonyl (C=O) groups excluding carboxylic acids is 1. The van der Waals surface area contributed by atoms with Crippen molar-refractivity contribution in [2.45, 2.75) is 26.7 Å². The molecule has 0 N–H and O–H groups in total. The monoisotopic (exact) mass is 206 g/mol. The first-order chi connectivity index (χ1) is 7.18. The third-order valence-corrected chi connectivity index (χ3v) is 2.22. The zero-order valence-electron chi connectivity index (χ0n) is 9.45. The predicted octanol–water partition coefficient (Wildman–Crippen LogP) is 2.53. The predicted molar refractivity (Wildman–Crippen MR) is 61.0 cm³/mol. The summed E-state index contributed by atoms with van der Waals surface area (Å²) in [7, 11) is 0. The van der Waals surface area contributed by atoms with E-state index in [9.17, 15) is 4.79 Å². The van der Waals surface area contributed by atoms with Crippen LogP contribution in [-0.4, -0.2) is 19.0 Å². The first kappa shape index (κ1) is 11.9. The van der Waals surface area contributed by atoms with E-state index in [1.807, 2.05) is 0 Å². The minimum Gasteiger partial charge on any atom is -0.381 e. The summed E-state index contributed by atoms with van der Waals surface area (Å²) in [6.45, 7) is 4.90. The molecule has 1 aromatic carbocycles. The van der Waals surface area contributed by atoms with Gasteiger partial charge in [-0.25, -0.2) is 0 Å². The molecule has 0 aliphatic carbocycles. The molecule has 0 fully saturated rings. The highest BCUT2D eigenvalue weighted by molar-refractivity contribution is 5.75. The van der Waals surface area contributed by atoms with Gasteiger partial charge in [-0.15, -0.1) is 0 Å². The van der Waals surface area contributed by atoms with Gasteiger partial charge >= 0.3 is 0 Å². The summed E-state index contributed by atoms with van der Waals surface area (Å²) in [5, 5.41) is 0. The Bertz CT molecular complexity index is 318. The van der Waals surface area contributed by atoms with Crippen molar-refractivity contribution < 1.29 is 9.53 Å². The van der Waals surface area contributed by atoms with Gasteiger partial charge < -0.3 is 4.74 Å². The van der Waals surface area contributed by atoms with Crippen LogP contribution in [0.2, 0.25) is 0 Å². The number of Topliss-reactive ketones (excluding diaryl/α,β-unsaturated/α-hetero) is 1. The van der Waals surface area contributed by atoms with E-state index in [2.05, 4.69) is 31.2 Å². The molecule has 0 spiro atoms. The second-order valence-electron chi connectivity index (χ2n) is 3.80. The zero-order chi connectivity index (χ0) is 11.1. The number of benzene rings is 1. The van der Waals surface area contributed by atoms with E-state index >= 15 is 0 Å². The van der Waals surface area contributed by atoms with Crippen LogP contribution in [-0.2, 0) is 16.0 Å². The van der Waals surface area contributed by atoms with Crippen molar-refractivity contribution in [2.75, 3.05) is 13.2 Å². The SMILES string of the molecule is CC(=O)CCOCCc1cccc(C)c1. The van der Waals surface area contributed by atoms with E-state index in [0.717, 1.165) is 6.42 Å². The van der Waals surface area contributed by atoms with E-state index in [-0.39, 0.29) is 5.78 Å². The van der Waals surface area contributed by atoms with Gasteiger partial charge in [-0.2, -0.15) is 0 Å². The topological polar surface area (TPSA) is 26.3 Å². The van der Waals surface area contributed by atoms with Crippen molar-refractivity contribution in [3.05, 3.63) is 35.4 Å². The summed E-state index contributed by atoms with van der Waals surface area (Å²) < 4.78 is 5.37. The van der Waals surface area contributed by atoms with Crippen molar-refractivity contribution >= 4 is 5.78 Å². The van der Waals surface area contributed by atoms with Crippen LogP contribution in [0.25, 0.3) is 0 Å². The number of rotatable bonds is 6. The Morgan fingerprint density at radius 1 is 1.33 bits per heavy atom. The van der Waals surface area contributed by atoms with Gasteiger partial charge in [-0.05, 0) is 25.8 Å². The van der Waals surface area contributed by atoms with Crippen molar-refractivity contribution in [1.29, 1.82) is 0 Å². The molecule has 0 heterocycles. The number of ketones is 1. The summed E-state index contributed by atoms with van der Waals surface area (Å²) in [5.41, 5.74) is 2.56. The normalized spacial score (nSPS) is 10.3. The van der Waals surface area contributed by atoms with Crippen LogP contribution in [0.3, 0.4) is 0 Å². The summed E-state index contributed by atoms with van der Waals surface area (Å²) in [4.78, 5) is 10.6. The van der Waals surface area contributed by atoms with Gasteiger partial charge in [0.1, 0.15) is 5.78 Å². The standard InChI is InChI=1S/C13H18O2/c1-11-4-3-5-13(10-11)7-9-15-8-6-12(2)14/h3-5,10H,6-9H2,1-2H3. The summed E-state index contributed by atoms with van der Waals surface area (Å²) >= 11 is 0. The lowest BCUT2D eigenvalue weighted by Gasteiger charge is -2.03. The Hall–Kier alpha value is -1.15. The van der Waals surface area contributed by atoms with Crippen LogP contribution in [0.4, 0.5) is 0 Å². The van der Waals surface area contributed by atoms with Gasteiger partial charge in [0.05, 0.1) is 13.2 Å². The minimum atomic E-state index is 0.186. The Kier molecular flexibility index (Phi) is 5.05. The quantitative estimate of drug-likeness (QED) is 0.668. The Morgan fingerprint density at radius 3 is 2.80 bits per heavy atom. The van der Waals surface area contributed by atoms with E-state index < -0.39 is 0 Å². The number of hydrogen-bond acceptors (Lipinski definition) is 2. The average molecular weight is 206 g/mol. The Morgan fingerprint density at radius 2 is 2.13 bits per heavy atom. The molecular weight excluding hydrogens is 188 g/mol. The number of hydrogen-bond donors (Lipinski definition) is 0. The first-order valence-corrected chi connectivity index (χ1v) is 5.31.